The Kier molecular flexibility index (Phi) is 3.38. The summed E-state index contributed by atoms with van der Waals surface area (Å²) >= 11 is 0. The van der Waals surface area contributed by atoms with Crippen LogP contribution in [0.2, 0.25) is 0 Å². The first-order valence-corrected chi connectivity index (χ1v) is 5.24. The molecule has 5 nitrogen and oxygen atoms in total. The van der Waals surface area contributed by atoms with Gasteiger partial charge in [-0.3, -0.25) is 0 Å². The van der Waals surface area contributed by atoms with Gasteiger partial charge in [0.1, 0.15) is 18.0 Å². The topological polar surface area (TPSA) is 65.6 Å². The minimum Gasteiger partial charge on any atom is -0.373 e. The van der Waals surface area contributed by atoms with Crippen molar-refractivity contribution >= 4 is 11.6 Å². The molecule has 0 spiro atoms. The van der Waals surface area contributed by atoms with Gasteiger partial charge in [-0.1, -0.05) is 0 Å². The van der Waals surface area contributed by atoms with Crippen molar-refractivity contribution in [2.75, 3.05) is 24.2 Å². The Balaban J connectivity index is 1.85. The molecule has 2 aromatic heterocycles. The van der Waals surface area contributed by atoms with Crippen molar-refractivity contribution < 1.29 is 0 Å². The highest BCUT2D eigenvalue weighted by atomic mass is 15.0. The van der Waals surface area contributed by atoms with Crippen LogP contribution in [0.1, 0.15) is 5.56 Å². The molecule has 0 saturated heterocycles. The van der Waals surface area contributed by atoms with Crippen LogP contribution in [0.5, 0.6) is 0 Å². The van der Waals surface area contributed by atoms with Crippen LogP contribution in [0.3, 0.4) is 0 Å². The molecule has 0 unspecified atom stereocenters. The summed E-state index contributed by atoms with van der Waals surface area (Å²) in [6.07, 6.45) is 6.45. The van der Waals surface area contributed by atoms with Gasteiger partial charge in [-0.2, -0.15) is 0 Å². The van der Waals surface area contributed by atoms with Gasteiger partial charge in [-0.25, -0.2) is 9.97 Å². The third kappa shape index (κ3) is 2.73. The molecule has 84 valence electrons. The van der Waals surface area contributed by atoms with Gasteiger partial charge in [0.2, 0.25) is 0 Å². The molecule has 2 rings (SSSR count). The van der Waals surface area contributed by atoms with Crippen molar-refractivity contribution in [2.45, 2.75) is 6.42 Å². The molecule has 0 bridgehead atoms. The first-order chi connectivity index (χ1) is 7.88. The van der Waals surface area contributed by atoms with E-state index in [-0.39, 0.29) is 0 Å². The SMILES string of the molecule is CNc1cc(NCCc2cc[nH]c2)ncn1. The second kappa shape index (κ2) is 5.16. The highest BCUT2D eigenvalue weighted by Gasteiger charge is 1.97. The average molecular weight is 217 g/mol. The molecule has 2 heterocycles. The molecular formula is C11H15N5. The lowest BCUT2D eigenvalue weighted by Gasteiger charge is -2.05. The van der Waals surface area contributed by atoms with Crippen molar-refractivity contribution in [3.63, 3.8) is 0 Å². The number of nitrogens with zero attached hydrogens (tertiary/aromatic N) is 2. The predicted molar refractivity (Wildman–Crippen MR) is 64.6 cm³/mol. The van der Waals surface area contributed by atoms with Crippen LogP contribution in [0.15, 0.2) is 30.9 Å². The fourth-order valence-corrected chi connectivity index (χ4v) is 1.44. The summed E-state index contributed by atoms with van der Waals surface area (Å²) in [6.45, 7) is 0.859. The summed E-state index contributed by atoms with van der Waals surface area (Å²) in [5, 5.41) is 6.23. The summed E-state index contributed by atoms with van der Waals surface area (Å²) < 4.78 is 0. The Morgan fingerprint density at radius 2 is 2.19 bits per heavy atom. The van der Waals surface area contributed by atoms with E-state index in [0.29, 0.717) is 0 Å². The number of anilines is 2. The summed E-state index contributed by atoms with van der Waals surface area (Å²) in [5.41, 5.74) is 1.29. The van der Waals surface area contributed by atoms with Gasteiger partial charge < -0.3 is 15.6 Å². The molecule has 0 saturated carbocycles. The fourth-order valence-electron chi connectivity index (χ4n) is 1.44. The zero-order valence-corrected chi connectivity index (χ0v) is 9.20. The van der Waals surface area contributed by atoms with E-state index in [1.54, 1.807) is 6.33 Å². The number of nitrogens with one attached hydrogen (secondary N) is 3. The molecule has 0 fully saturated rings. The van der Waals surface area contributed by atoms with Gasteiger partial charge in [-0.15, -0.1) is 0 Å². The van der Waals surface area contributed by atoms with Crippen molar-refractivity contribution in [2.24, 2.45) is 0 Å². The van der Waals surface area contributed by atoms with Crippen LogP contribution in [0, 0.1) is 0 Å². The van der Waals surface area contributed by atoms with E-state index in [0.717, 1.165) is 24.6 Å². The maximum Gasteiger partial charge on any atom is 0.131 e. The number of aromatic amines is 1. The molecule has 0 radical (unpaired) electrons. The quantitative estimate of drug-likeness (QED) is 0.710. The van der Waals surface area contributed by atoms with Crippen LogP contribution >= 0.6 is 0 Å². The first-order valence-electron chi connectivity index (χ1n) is 5.24. The van der Waals surface area contributed by atoms with E-state index in [2.05, 4.69) is 31.7 Å². The Labute approximate surface area is 94.3 Å². The molecule has 0 aliphatic heterocycles. The number of rotatable bonds is 5. The summed E-state index contributed by atoms with van der Waals surface area (Å²) in [7, 11) is 1.84. The monoisotopic (exact) mass is 217 g/mol. The fraction of sp³-hybridized carbons (Fsp3) is 0.273. The van der Waals surface area contributed by atoms with E-state index < -0.39 is 0 Å². The minimum absolute atomic E-state index is 0.819. The minimum atomic E-state index is 0.819. The Hall–Kier alpha value is -2.04. The molecule has 0 atom stereocenters. The zero-order chi connectivity index (χ0) is 11.2. The number of hydrogen-bond donors (Lipinski definition) is 3. The first kappa shape index (κ1) is 10.5. The van der Waals surface area contributed by atoms with Crippen molar-refractivity contribution in [3.8, 4) is 0 Å². The second-order valence-electron chi connectivity index (χ2n) is 3.43. The Morgan fingerprint density at radius 3 is 2.94 bits per heavy atom. The molecule has 0 aliphatic carbocycles. The second-order valence-corrected chi connectivity index (χ2v) is 3.43. The molecular weight excluding hydrogens is 202 g/mol. The van der Waals surface area contributed by atoms with Gasteiger partial charge in [0.15, 0.2) is 0 Å². The normalized spacial score (nSPS) is 10.1. The molecule has 0 aromatic carbocycles. The van der Waals surface area contributed by atoms with Crippen molar-refractivity contribution in [1.82, 2.24) is 15.0 Å². The van der Waals surface area contributed by atoms with Crippen molar-refractivity contribution in [1.29, 1.82) is 0 Å². The smallest absolute Gasteiger partial charge is 0.131 e. The molecule has 16 heavy (non-hydrogen) atoms. The molecule has 2 aromatic rings. The van der Waals surface area contributed by atoms with Crippen molar-refractivity contribution in [3.05, 3.63) is 36.4 Å². The van der Waals surface area contributed by atoms with E-state index in [9.17, 15) is 0 Å². The predicted octanol–water partition coefficient (Wildman–Crippen LogP) is 1.50. The van der Waals surface area contributed by atoms with Crippen LogP contribution in [0.25, 0.3) is 0 Å². The lowest BCUT2D eigenvalue weighted by Crippen LogP contribution is -2.06. The van der Waals surface area contributed by atoms with Crippen LogP contribution in [-0.2, 0) is 6.42 Å². The summed E-state index contributed by atoms with van der Waals surface area (Å²) in [5.74, 6) is 1.66. The third-order valence-electron chi connectivity index (χ3n) is 2.31. The standard InChI is InChI=1S/C11H15N5/c1-12-10-6-11(16-8-15-10)14-5-3-9-2-4-13-7-9/h2,4,6-8,13H,3,5H2,1H3,(H2,12,14,15,16). The maximum atomic E-state index is 4.14. The maximum absolute atomic E-state index is 4.14. The average Bonchev–Trinajstić information content (AvgIpc) is 2.82. The van der Waals surface area contributed by atoms with Gasteiger partial charge in [0.25, 0.3) is 0 Å². The van der Waals surface area contributed by atoms with Gasteiger partial charge >= 0.3 is 0 Å². The third-order valence-corrected chi connectivity index (χ3v) is 2.31. The van der Waals surface area contributed by atoms with E-state index in [1.807, 2.05) is 25.5 Å². The van der Waals surface area contributed by atoms with E-state index in [4.69, 9.17) is 0 Å². The van der Waals surface area contributed by atoms with E-state index >= 15 is 0 Å². The summed E-state index contributed by atoms with van der Waals surface area (Å²) in [6, 6.07) is 3.96. The van der Waals surface area contributed by atoms with E-state index in [1.165, 1.54) is 5.56 Å². The molecule has 5 heteroatoms. The number of hydrogen-bond acceptors (Lipinski definition) is 4. The number of aromatic nitrogens is 3. The van der Waals surface area contributed by atoms with Crippen LogP contribution < -0.4 is 10.6 Å². The van der Waals surface area contributed by atoms with Gasteiger partial charge in [-0.05, 0) is 18.1 Å². The van der Waals surface area contributed by atoms with Crippen LogP contribution in [-0.4, -0.2) is 28.5 Å². The highest BCUT2D eigenvalue weighted by Crippen LogP contribution is 2.07. The lowest BCUT2D eigenvalue weighted by molar-refractivity contribution is 1.00. The highest BCUT2D eigenvalue weighted by molar-refractivity contribution is 5.45. The lowest BCUT2D eigenvalue weighted by atomic mass is 10.2. The Bertz CT molecular complexity index is 424. The zero-order valence-electron chi connectivity index (χ0n) is 9.20. The summed E-state index contributed by atoms with van der Waals surface area (Å²) in [4.78, 5) is 11.2. The number of H-pyrrole nitrogens is 1. The Morgan fingerprint density at radius 1 is 1.31 bits per heavy atom. The van der Waals surface area contributed by atoms with Gasteiger partial charge in [0, 0.05) is 32.1 Å². The van der Waals surface area contributed by atoms with Gasteiger partial charge in [0.05, 0.1) is 0 Å². The molecule has 0 aliphatic rings. The van der Waals surface area contributed by atoms with Crippen LogP contribution in [0.4, 0.5) is 11.6 Å². The largest absolute Gasteiger partial charge is 0.373 e. The molecule has 3 N–H and O–H groups in total. The molecule has 0 amide bonds.